The van der Waals surface area contributed by atoms with Crippen molar-refractivity contribution in [3.63, 3.8) is 0 Å². The summed E-state index contributed by atoms with van der Waals surface area (Å²) < 4.78 is 0. The molecule has 1 aromatic rings. The van der Waals surface area contributed by atoms with Crippen LogP contribution in [0.25, 0.3) is 0 Å². The molecule has 0 radical (unpaired) electrons. The van der Waals surface area contributed by atoms with Gasteiger partial charge in [-0.15, -0.1) is 35.3 Å². The van der Waals surface area contributed by atoms with Crippen LogP contribution in [-0.4, -0.2) is 49.5 Å². The molecular weight excluding hydrogens is 447 g/mol. The fourth-order valence-corrected chi connectivity index (χ4v) is 3.82. The molecule has 1 aliphatic heterocycles. The summed E-state index contributed by atoms with van der Waals surface area (Å²) in [6.45, 7) is 8.65. The number of likely N-dealkylation sites (tertiary alicyclic amines) is 1. The zero-order valence-corrected chi connectivity index (χ0v) is 18.8. The van der Waals surface area contributed by atoms with Gasteiger partial charge < -0.3 is 15.5 Å². The van der Waals surface area contributed by atoms with Crippen LogP contribution in [0.5, 0.6) is 0 Å². The lowest BCUT2D eigenvalue weighted by Gasteiger charge is -2.21. The van der Waals surface area contributed by atoms with Gasteiger partial charge in [-0.3, -0.25) is 9.79 Å². The van der Waals surface area contributed by atoms with Crippen molar-refractivity contribution in [3.8, 4) is 0 Å². The van der Waals surface area contributed by atoms with Gasteiger partial charge in [-0.1, -0.05) is 26.8 Å². The molecule has 2 unspecified atom stereocenters. The Morgan fingerprint density at radius 2 is 2.20 bits per heavy atom. The van der Waals surface area contributed by atoms with E-state index >= 15 is 0 Å². The summed E-state index contributed by atoms with van der Waals surface area (Å²) in [7, 11) is 1.80. The summed E-state index contributed by atoms with van der Waals surface area (Å²) in [5.41, 5.74) is 0. The monoisotopic (exact) mass is 478 g/mol. The van der Waals surface area contributed by atoms with E-state index in [9.17, 15) is 4.79 Å². The largest absolute Gasteiger partial charge is 0.356 e. The summed E-state index contributed by atoms with van der Waals surface area (Å²) in [5, 5.41) is 8.99. The second kappa shape index (κ2) is 11.0. The average Bonchev–Trinajstić information content (AvgIpc) is 3.22. The fourth-order valence-electron chi connectivity index (χ4n) is 2.95. The highest BCUT2D eigenvalue weighted by molar-refractivity contribution is 14.0. The van der Waals surface area contributed by atoms with E-state index < -0.39 is 0 Å². The van der Waals surface area contributed by atoms with Crippen molar-refractivity contribution in [2.45, 2.75) is 39.7 Å². The van der Waals surface area contributed by atoms with Gasteiger partial charge in [0.25, 0.3) is 0 Å². The second-order valence-electron chi connectivity index (χ2n) is 6.91. The van der Waals surface area contributed by atoms with Gasteiger partial charge in [0.2, 0.25) is 5.91 Å². The first-order chi connectivity index (χ1) is 11.5. The Labute approximate surface area is 172 Å². The summed E-state index contributed by atoms with van der Waals surface area (Å²) in [6.07, 6.45) is 2.06. The Morgan fingerprint density at radius 3 is 2.80 bits per heavy atom. The highest BCUT2D eigenvalue weighted by atomic mass is 127. The number of guanidine groups is 1. The molecule has 2 rings (SSSR count). The van der Waals surface area contributed by atoms with Crippen LogP contribution in [0, 0.1) is 11.8 Å². The van der Waals surface area contributed by atoms with Crippen molar-refractivity contribution in [1.29, 1.82) is 0 Å². The van der Waals surface area contributed by atoms with E-state index in [0.29, 0.717) is 5.92 Å². The normalized spacial score (nSPS) is 18.8. The van der Waals surface area contributed by atoms with Gasteiger partial charge in [0.1, 0.15) is 0 Å². The summed E-state index contributed by atoms with van der Waals surface area (Å²) in [5.74, 6) is 1.69. The van der Waals surface area contributed by atoms with Crippen LogP contribution in [-0.2, 0) is 11.2 Å². The molecule has 0 saturated carbocycles. The SMILES string of the molecule is CN=C(NCC(C)Cc1cccs1)NC1CCN(C(=O)C(C)C)C1.I. The minimum absolute atomic E-state index is 0. The number of carbonyl (C=O) groups excluding carboxylic acids is 1. The number of halogens is 1. The number of nitrogens with one attached hydrogen (secondary N) is 2. The van der Waals surface area contributed by atoms with E-state index in [1.54, 1.807) is 7.05 Å². The number of carbonyl (C=O) groups is 1. The Kier molecular flexibility index (Phi) is 9.78. The molecule has 0 bridgehead atoms. The highest BCUT2D eigenvalue weighted by Crippen LogP contribution is 2.14. The minimum atomic E-state index is 0. The summed E-state index contributed by atoms with van der Waals surface area (Å²) in [4.78, 5) is 19.8. The van der Waals surface area contributed by atoms with E-state index in [4.69, 9.17) is 0 Å². The third-order valence-corrected chi connectivity index (χ3v) is 5.20. The van der Waals surface area contributed by atoms with Gasteiger partial charge >= 0.3 is 0 Å². The standard InChI is InChI=1S/C18H30N4OS.HI/c1-13(2)17(23)22-8-7-15(12-22)21-18(19-4)20-11-14(3)10-16-6-5-9-24-16;/h5-6,9,13-15H,7-8,10-12H2,1-4H3,(H2,19,20,21);1H. The Bertz CT molecular complexity index is 547. The minimum Gasteiger partial charge on any atom is -0.356 e. The Morgan fingerprint density at radius 1 is 1.44 bits per heavy atom. The molecule has 142 valence electrons. The van der Waals surface area contributed by atoms with E-state index in [1.165, 1.54) is 4.88 Å². The van der Waals surface area contributed by atoms with Gasteiger partial charge in [0.15, 0.2) is 5.96 Å². The van der Waals surface area contributed by atoms with Crippen molar-refractivity contribution < 1.29 is 4.79 Å². The predicted octanol–water partition coefficient (Wildman–Crippen LogP) is 2.97. The average molecular weight is 478 g/mol. The molecule has 1 amide bonds. The number of aliphatic imine (C=N–C) groups is 1. The first-order valence-electron chi connectivity index (χ1n) is 8.78. The number of rotatable bonds is 6. The van der Waals surface area contributed by atoms with E-state index in [0.717, 1.165) is 38.4 Å². The van der Waals surface area contributed by atoms with Crippen molar-refractivity contribution in [2.24, 2.45) is 16.8 Å². The number of amides is 1. The van der Waals surface area contributed by atoms with Crippen LogP contribution in [0.3, 0.4) is 0 Å². The molecule has 2 heterocycles. The molecule has 0 aromatic carbocycles. The molecule has 1 saturated heterocycles. The van der Waals surface area contributed by atoms with Crippen LogP contribution in [0.2, 0.25) is 0 Å². The number of thiophene rings is 1. The van der Waals surface area contributed by atoms with Crippen molar-refractivity contribution in [2.75, 3.05) is 26.7 Å². The Balaban J connectivity index is 0.00000312. The lowest BCUT2D eigenvalue weighted by Crippen LogP contribution is -2.46. The zero-order valence-electron chi connectivity index (χ0n) is 15.6. The van der Waals surface area contributed by atoms with E-state index in [2.05, 4.69) is 40.1 Å². The molecule has 2 N–H and O–H groups in total. The van der Waals surface area contributed by atoms with Crippen LogP contribution in [0.15, 0.2) is 22.5 Å². The van der Waals surface area contributed by atoms with Crippen molar-refractivity contribution in [1.82, 2.24) is 15.5 Å². The highest BCUT2D eigenvalue weighted by Gasteiger charge is 2.27. The van der Waals surface area contributed by atoms with Crippen molar-refractivity contribution >= 4 is 47.2 Å². The third-order valence-electron chi connectivity index (χ3n) is 4.31. The maximum Gasteiger partial charge on any atom is 0.225 e. The molecule has 5 nitrogen and oxygen atoms in total. The second-order valence-corrected chi connectivity index (χ2v) is 7.94. The quantitative estimate of drug-likeness (QED) is 0.376. The molecule has 1 fully saturated rings. The lowest BCUT2D eigenvalue weighted by atomic mass is 10.1. The molecule has 1 aliphatic rings. The Hall–Kier alpha value is -0.830. The van der Waals surface area contributed by atoms with Gasteiger partial charge in [-0.25, -0.2) is 0 Å². The molecular formula is C18H31IN4OS. The number of nitrogens with zero attached hydrogens (tertiary/aromatic N) is 2. The van der Waals surface area contributed by atoms with Gasteiger partial charge in [-0.05, 0) is 30.2 Å². The number of hydrogen-bond acceptors (Lipinski definition) is 3. The molecule has 7 heteroatoms. The molecule has 0 aliphatic carbocycles. The predicted molar refractivity (Wildman–Crippen MR) is 117 cm³/mol. The van der Waals surface area contributed by atoms with E-state index in [-0.39, 0.29) is 41.8 Å². The fraction of sp³-hybridized carbons (Fsp3) is 0.667. The maximum atomic E-state index is 12.1. The first-order valence-corrected chi connectivity index (χ1v) is 9.66. The molecule has 2 atom stereocenters. The molecule has 1 aromatic heterocycles. The molecule has 25 heavy (non-hydrogen) atoms. The summed E-state index contributed by atoms with van der Waals surface area (Å²) in [6, 6.07) is 4.57. The van der Waals surface area contributed by atoms with Crippen LogP contribution in [0.1, 0.15) is 32.1 Å². The van der Waals surface area contributed by atoms with Gasteiger partial charge in [-0.2, -0.15) is 0 Å². The van der Waals surface area contributed by atoms with E-state index in [1.807, 2.05) is 30.1 Å². The maximum absolute atomic E-state index is 12.1. The smallest absolute Gasteiger partial charge is 0.225 e. The zero-order chi connectivity index (χ0) is 17.5. The van der Waals surface area contributed by atoms with Crippen LogP contribution < -0.4 is 10.6 Å². The van der Waals surface area contributed by atoms with Gasteiger partial charge in [0.05, 0.1) is 0 Å². The van der Waals surface area contributed by atoms with Gasteiger partial charge in [0, 0.05) is 43.5 Å². The number of hydrogen-bond donors (Lipinski definition) is 2. The third kappa shape index (κ3) is 7.13. The lowest BCUT2D eigenvalue weighted by molar-refractivity contribution is -0.133. The van der Waals surface area contributed by atoms with Crippen LogP contribution >= 0.6 is 35.3 Å². The first kappa shape index (κ1) is 22.2. The van der Waals surface area contributed by atoms with Crippen LogP contribution in [0.4, 0.5) is 0 Å². The van der Waals surface area contributed by atoms with Crippen molar-refractivity contribution in [3.05, 3.63) is 22.4 Å². The topological polar surface area (TPSA) is 56.7 Å². The summed E-state index contributed by atoms with van der Waals surface area (Å²) >= 11 is 1.81. The molecule has 0 spiro atoms.